The number of ether oxygens (including phenoxy) is 4. The lowest BCUT2D eigenvalue weighted by molar-refractivity contribution is 0.238. The standard InChI is InChI=1S/2C39H44NO4P/c2*1-25(27-15-11-9-12-16-27)40(26(2)28-17-13-10-14-18-28)45-43-35-31(41-7)21-19-29-33(35)39(23-37(29,3)4)24-38(5,6)30-20-22-32(42-8)36(44-45)34(30)39/h2*9-22,25-26H,23-24H2,1-8H3/t2*25-,26-,39?/m11/s1. The third-order valence-electron chi connectivity index (χ3n) is 20.9. The van der Waals surface area contributed by atoms with Gasteiger partial charge in [-0.1, -0.05) is 201 Å². The van der Waals surface area contributed by atoms with Gasteiger partial charge in [0.25, 0.3) is 0 Å². The number of rotatable bonds is 14. The van der Waals surface area contributed by atoms with Gasteiger partial charge in [0.05, 0.1) is 28.4 Å². The van der Waals surface area contributed by atoms with Crippen LogP contribution in [0, 0.1) is 0 Å². The molecule has 0 fully saturated rings. The fraction of sp³-hybridized carbons (Fsp3) is 0.385. The molecule has 0 unspecified atom stereocenters. The molecular formula is C78H88N2O8P2. The summed E-state index contributed by atoms with van der Waals surface area (Å²) in [5.74, 6) is 6.25. The predicted octanol–water partition coefficient (Wildman–Crippen LogP) is 20.4. The molecule has 0 aromatic heterocycles. The van der Waals surface area contributed by atoms with Crippen LogP contribution in [-0.2, 0) is 32.5 Å². The van der Waals surface area contributed by atoms with Crippen LogP contribution in [0.3, 0.4) is 0 Å². The van der Waals surface area contributed by atoms with Crippen molar-refractivity contribution in [1.29, 1.82) is 0 Å². The zero-order valence-corrected chi connectivity index (χ0v) is 57.1. The zero-order chi connectivity index (χ0) is 63.5. The van der Waals surface area contributed by atoms with E-state index in [0.717, 1.165) is 71.7 Å². The zero-order valence-electron chi connectivity index (χ0n) is 55.4. The molecule has 468 valence electrons. The van der Waals surface area contributed by atoms with Gasteiger partial charge in [-0.15, -0.1) is 0 Å². The van der Waals surface area contributed by atoms with Crippen LogP contribution in [0.2, 0.25) is 0 Å². The number of hydrogen-bond donors (Lipinski definition) is 0. The average Bonchev–Trinajstić information content (AvgIpc) is 1.51. The maximum absolute atomic E-state index is 7.35. The number of methoxy groups -OCH3 is 4. The van der Waals surface area contributed by atoms with Crippen LogP contribution in [-0.4, -0.2) is 37.8 Å². The van der Waals surface area contributed by atoms with Crippen LogP contribution in [0.4, 0.5) is 0 Å². The third kappa shape index (κ3) is 9.87. The molecule has 10 nitrogen and oxygen atoms in total. The Balaban J connectivity index is 0.000000165. The molecule has 6 aliphatic rings. The van der Waals surface area contributed by atoms with Crippen molar-refractivity contribution in [2.45, 2.75) is 165 Å². The Labute approximate surface area is 537 Å². The Morgan fingerprint density at radius 2 is 0.511 bits per heavy atom. The molecule has 0 N–H and O–H groups in total. The van der Waals surface area contributed by atoms with Crippen LogP contribution in [0.25, 0.3) is 0 Å². The van der Waals surface area contributed by atoms with E-state index in [1.54, 1.807) is 28.4 Å². The second-order valence-electron chi connectivity index (χ2n) is 28.4. The largest absolute Gasteiger partial charge is 0.493 e. The minimum absolute atomic E-state index is 0.0184. The summed E-state index contributed by atoms with van der Waals surface area (Å²) in [7, 11) is 3.54. The molecule has 8 aromatic carbocycles. The molecule has 12 heteroatoms. The summed E-state index contributed by atoms with van der Waals surface area (Å²) in [6.45, 7) is 27.9. The van der Waals surface area contributed by atoms with E-state index in [1.165, 1.54) is 66.8 Å². The molecule has 90 heavy (non-hydrogen) atoms. The normalized spacial score (nSPS) is 20.4. The predicted molar refractivity (Wildman–Crippen MR) is 364 cm³/mol. The summed E-state index contributed by atoms with van der Waals surface area (Å²) in [5.41, 5.74) is 14.2. The highest BCUT2D eigenvalue weighted by molar-refractivity contribution is 7.45. The van der Waals surface area contributed by atoms with Gasteiger partial charge in [0.1, 0.15) is 0 Å². The molecule has 0 radical (unpaired) electrons. The first-order valence-corrected chi connectivity index (χ1v) is 34.3. The van der Waals surface area contributed by atoms with Gasteiger partial charge in [-0.05, 0) is 144 Å². The summed E-state index contributed by atoms with van der Waals surface area (Å²) in [5, 5.41) is 0. The van der Waals surface area contributed by atoms with Gasteiger partial charge < -0.3 is 37.0 Å². The quantitative estimate of drug-likeness (QED) is 0.0982. The molecule has 2 aliphatic heterocycles. The van der Waals surface area contributed by atoms with Crippen molar-refractivity contribution in [3.05, 3.63) is 237 Å². The van der Waals surface area contributed by atoms with Gasteiger partial charge in [-0.25, -0.2) is 9.34 Å². The fourth-order valence-corrected chi connectivity index (χ4v) is 20.7. The second kappa shape index (κ2) is 22.9. The van der Waals surface area contributed by atoms with Crippen molar-refractivity contribution < 1.29 is 37.0 Å². The minimum atomic E-state index is -1.72. The van der Waals surface area contributed by atoms with Crippen LogP contribution in [0.5, 0.6) is 46.0 Å². The Morgan fingerprint density at radius 3 is 0.700 bits per heavy atom. The summed E-state index contributed by atoms with van der Waals surface area (Å²) >= 11 is 0. The van der Waals surface area contributed by atoms with E-state index in [2.05, 4.69) is 262 Å². The smallest absolute Gasteiger partial charge is 0.385 e. The highest BCUT2D eigenvalue weighted by Crippen LogP contribution is 2.74. The highest BCUT2D eigenvalue weighted by atomic mass is 31.2. The van der Waals surface area contributed by atoms with Crippen LogP contribution < -0.4 is 37.0 Å². The molecule has 4 aliphatic carbocycles. The Morgan fingerprint density at radius 1 is 0.311 bits per heavy atom. The van der Waals surface area contributed by atoms with Crippen molar-refractivity contribution >= 4 is 17.1 Å². The van der Waals surface area contributed by atoms with Crippen molar-refractivity contribution in [3.8, 4) is 46.0 Å². The van der Waals surface area contributed by atoms with Crippen LogP contribution in [0.15, 0.2) is 170 Å². The SMILES string of the molecule is COc1ccc2c3c1OP(N([C@H](C)c1ccccc1)[C@H](C)c1ccccc1)Oc1c(OC)ccc4c1C3(CC2(C)C)CC4(C)C.COc1ccc2c3c1OP(N([C@H](C)c1ccccc1)[C@H](C)c1ccccc1)Oc1c(OC)ccc4c1C3(CC2(C)C)CC4(C)C. The van der Waals surface area contributed by atoms with E-state index in [1.807, 2.05) is 0 Å². The van der Waals surface area contributed by atoms with Gasteiger partial charge in [0, 0.05) is 57.3 Å². The monoisotopic (exact) mass is 1240 g/mol. The molecule has 0 bridgehead atoms. The third-order valence-corrected chi connectivity index (χ3v) is 24.4. The van der Waals surface area contributed by atoms with Crippen molar-refractivity contribution in [3.63, 3.8) is 0 Å². The number of nitrogens with zero attached hydrogens (tertiary/aromatic N) is 2. The molecule has 8 aromatic rings. The lowest BCUT2D eigenvalue weighted by Gasteiger charge is -2.41. The lowest BCUT2D eigenvalue weighted by atomic mass is 9.72. The Hall–Kier alpha value is -7.06. The highest BCUT2D eigenvalue weighted by Gasteiger charge is 2.63. The molecule has 0 amide bonds. The minimum Gasteiger partial charge on any atom is -0.493 e. The summed E-state index contributed by atoms with van der Waals surface area (Å²) in [6.07, 6.45) is 3.84. The topological polar surface area (TPSA) is 80.3 Å². The molecule has 4 atom stereocenters. The van der Waals surface area contributed by atoms with Crippen molar-refractivity contribution in [2.24, 2.45) is 0 Å². The van der Waals surface area contributed by atoms with E-state index in [9.17, 15) is 0 Å². The molecule has 14 rings (SSSR count). The van der Waals surface area contributed by atoms with Gasteiger partial charge >= 0.3 is 17.1 Å². The molecule has 0 saturated heterocycles. The van der Waals surface area contributed by atoms with Crippen LogP contribution in [0.1, 0.15) is 200 Å². The first kappa shape index (κ1) is 61.8. The van der Waals surface area contributed by atoms with Gasteiger partial charge in [-0.3, -0.25) is 0 Å². The van der Waals surface area contributed by atoms with E-state index in [-0.39, 0.29) is 56.7 Å². The average molecular weight is 1240 g/mol. The van der Waals surface area contributed by atoms with E-state index >= 15 is 0 Å². The first-order chi connectivity index (χ1) is 43.0. The second-order valence-corrected chi connectivity index (χ2v) is 31.0. The first-order valence-electron chi connectivity index (χ1n) is 32.0. The van der Waals surface area contributed by atoms with E-state index < -0.39 is 17.1 Å². The number of hydrogen-bond acceptors (Lipinski definition) is 10. The van der Waals surface area contributed by atoms with Gasteiger partial charge in [0.15, 0.2) is 46.0 Å². The van der Waals surface area contributed by atoms with E-state index in [0.29, 0.717) is 0 Å². The Kier molecular flexibility index (Phi) is 15.8. The summed E-state index contributed by atoms with van der Waals surface area (Å²) in [6, 6.07) is 59.9. The molecule has 0 saturated carbocycles. The van der Waals surface area contributed by atoms with Gasteiger partial charge in [0.2, 0.25) is 0 Å². The molecular weight excluding hydrogens is 1150 g/mol. The maximum atomic E-state index is 7.35. The lowest BCUT2D eigenvalue weighted by Crippen LogP contribution is -2.32. The van der Waals surface area contributed by atoms with Crippen molar-refractivity contribution in [2.75, 3.05) is 28.4 Å². The van der Waals surface area contributed by atoms with E-state index in [4.69, 9.17) is 37.0 Å². The number of benzene rings is 8. The van der Waals surface area contributed by atoms with Gasteiger partial charge in [-0.2, -0.15) is 0 Å². The fourth-order valence-electron chi connectivity index (χ4n) is 17.2. The molecule has 2 heterocycles. The van der Waals surface area contributed by atoms with Crippen molar-refractivity contribution in [1.82, 2.24) is 9.34 Å². The summed E-state index contributed by atoms with van der Waals surface area (Å²) < 4.78 is 58.6. The van der Waals surface area contributed by atoms with Crippen LogP contribution >= 0.6 is 17.1 Å². The maximum Gasteiger partial charge on any atom is 0.385 e. The molecule has 2 spiro atoms. The Bertz CT molecular complexity index is 3470. The summed E-state index contributed by atoms with van der Waals surface area (Å²) in [4.78, 5) is 0.